The number of hydrogen-bond acceptors (Lipinski definition) is 8. The van der Waals surface area contributed by atoms with Gasteiger partial charge >= 0.3 is 0 Å². The van der Waals surface area contributed by atoms with Crippen LogP contribution in [0.5, 0.6) is 11.5 Å². The van der Waals surface area contributed by atoms with Gasteiger partial charge in [0, 0.05) is 41.6 Å². The number of phenols is 2. The first-order chi connectivity index (χ1) is 12.8. The van der Waals surface area contributed by atoms with Gasteiger partial charge in [-0.05, 0) is 24.4 Å². The number of nitro groups is 2. The minimum absolute atomic E-state index is 0.0775. The van der Waals surface area contributed by atoms with E-state index in [1.54, 1.807) is 0 Å². The van der Waals surface area contributed by atoms with Crippen molar-refractivity contribution in [3.63, 3.8) is 0 Å². The number of thiocarbonyl (C=S) groups is 1. The van der Waals surface area contributed by atoms with Gasteiger partial charge in [-0.15, -0.1) is 0 Å². The number of rotatable bonds is 5. The van der Waals surface area contributed by atoms with E-state index < -0.39 is 9.85 Å². The lowest BCUT2D eigenvalue weighted by molar-refractivity contribution is -0.385. The number of nitro benzene ring substituents is 2. The molecule has 0 saturated carbocycles. The van der Waals surface area contributed by atoms with Crippen LogP contribution in [0.25, 0.3) is 0 Å². The van der Waals surface area contributed by atoms with Crippen LogP contribution in [0.4, 0.5) is 11.4 Å². The summed E-state index contributed by atoms with van der Waals surface area (Å²) >= 11 is 4.89. The molecule has 0 aliphatic heterocycles. The van der Waals surface area contributed by atoms with Crippen LogP contribution in [-0.2, 0) is 0 Å². The van der Waals surface area contributed by atoms with E-state index in [1.165, 1.54) is 0 Å². The number of nitrogens with zero attached hydrogens (tertiary/aromatic N) is 4. The summed E-state index contributed by atoms with van der Waals surface area (Å²) in [7, 11) is 0. The quantitative estimate of drug-likeness (QED) is 0.303. The maximum absolute atomic E-state index is 10.7. The third-order valence-electron chi connectivity index (χ3n) is 3.13. The molecule has 0 amide bonds. The highest BCUT2D eigenvalue weighted by molar-refractivity contribution is 7.80. The monoisotopic (exact) mass is 389 g/mol. The largest absolute Gasteiger partial charge is 0.507 e. The average Bonchev–Trinajstić information content (AvgIpc) is 2.62. The zero-order chi connectivity index (χ0) is 20.0. The van der Waals surface area contributed by atoms with E-state index in [0.29, 0.717) is 0 Å². The molecule has 0 aliphatic carbocycles. The van der Waals surface area contributed by atoms with Crippen LogP contribution in [-0.4, -0.2) is 37.6 Å². The summed E-state index contributed by atoms with van der Waals surface area (Å²) < 4.78 is 0. The standard InChI is InChI=1S/C15H11N5O6S/c21-13-3-1-11(19(23)24)5-9(13)7-16-15(27)18-17-8-10-6-12(20(25)26)2-4-14(10)22/h1-8,21-22H,(H,18,27)/b16-7+,17-8+. The number of hydrazone groups is 1. The van der Waals surface area contributed by atoms with Crippen molar-refractivity contribution in [2.24, 2.45) is 10.1 Å². The molecule has 27 heavy (non-hydrogen) atoms. The second-order valence-corrected chi connectivity index (χ2v) is 5.32. The molecule has 0 heterocycles. The van der Waals surface area contributed by atoms with E-state index in [-0.39, 0.29) is 39.1 Å². The Hall–Kier alpha value is -3.93. The van der Waals surface area contributed by atoms with Gasteiger partial charge in [-0.2, -0.15) is 5.10 Å². The molecule has 11 nitrogen and oxygen atoms in total. The zero-order valence-corrected chi connectivity index (χ0v) is 14.2. The molecule has 0 aromatic heterocycles. The van der Waals surface area contributed by atoms with Gasteiger partial charge in [-0.25, -0.2) is 4.99 Å². The summed E-state index contributed by atoms with van der Waals surface area (Å²) in [5.74, 6) is -0.445. The fourth-order valence-corrected chi connectivity index (χ4v) is 1.94. The van der Waals surface area contributed by atoms with Gasteiger partial charge in [0.05, 0.1) is 16.1 Å². The number of phenolic OH excluding ortho intramolecular Hbond substituents is 2. The van der Waals surface area contributed by atoms with Crippen molar-refractivity contribution >= 4 is 41.1 Å². The van der Waals surface area contributed by atoms with E-state index in [2.05, 4.69) is 15.5 Å². The molecule has 2 aromatic carbocycles. The predicted molar refractivity (Wildman–Crippen MR) is 100 cm³/mol. The van der Waals surface area contributed by atoms with Gasteiger partial charge < -0.3 is 10.2 Å². The van der Waals surface area contributed by atoms with Crippen LogP contribution in [0.1, 0.15) is 11.1 Å². The highest BCUT2D eigenvalue weighted by Crippen LogP contribution is 2.22. The molecule has 138 valence electrons. The highest BCUT2D eigenvalue weighted by Gasteiger charge is 2.10. The van der Waals surface area contributed by atoms with Gasteiger partial charge in [0.1, 0.15) is 11.5 Å². The molecule has 0 radical (unpaired) electrons. The van der Waals surface area contributed by atoms with Crippen molar-refractivity contribution in [1.29, 1.82) is 0 Å². The van der Waals surface area contributed by atoms with Crippen LogP contribution in [0, 0.1) is 20.2 Å². The molecular weight excluding hydrogens is 378 g/mol. The first kappa shape index (κ1) is 19.4. The Labute approximate surface area is 156 Å². The van der Waals surface area contributed by atoms with Crippen LogP contribution >= 0.6 is 12.2 Å². The molecule has 0 saturated heterocycles. The molecule has 0 aliphatic rings. The topological polar surface area (TPSA) is 163 Å². The molecule has 3 N–H and O–H groups in total. The summed E-state index contributed by atoms with van der Waals surface area (Å²) in [6.45, 7) is 0. The number of non-ortho nitro benzene ring substituents is 2. The van der Waals surface area contributed by atoms with Crippen molar-refractivity contribution in [2.45, 2.75) is 0 Å². The smallest absolute Gasteiger partial charge is 0.270 e. The SMILES string of the molecule is O=[N+]([O-])c1ccc(O)c(/C=N/NC(=S)/N=C/c2cc([N+](=O)[O-])ccc2O)c1. The zero-order valence-electron chi connectivity index (χ0n) is 13.3. The predicted octanol–water partition coefficient (Wildman–Crippen LogP) is 2.24. The molecule has 2 rings (SSSR count). The van der Waals surface area contributed by atoms with Gasteiger partial charge in [0.25, 0.3) is 11.4 Å². The Bertz CT molecular complexity index is 975. The fourth-order valence-electron chi connectivity index (χ4n) is 1.83. The first-order valence-electron chi connectivity index (χ1n) is 7.10. The third-order valence-corrected chi connectivity index (χ3v) is 3.33. The summed E-state index contributed by atoms with van der Waals surface area (Å²) in [4.78, 5) is 24.0. The van der Waals surface area contributed by atoms with E-state index in [9.17, 15) is 30.4 Å². The summed E-state index contributed by atoms with van der Waals surface area (Å²) in [5, 5.41) is 44.3. The van der Waals surface area contributed by atoms with Crippen LogP contribution in [0.2, 0.25) is 0 Å². The van der Waals surface area contributed by atoms with Crippen molar-refractivity contribution in [1.82, 2.24) is 5.43 Å². The Kier molecular flexibility index (Phi) is 6.06. The molecule has 2 aromatic rings. The Morgan fingerprint density at radius 3 is 1.93 bits per heavy atom. The van der Waals surface area contributed by atoms with Gasteiger partial charge in [-0.1, -0.05) is 0 Å². The summed E-state index contributed by atoms with van der Waals surface area (Å²) in [6, 6.07) is 6.82. The minimum atomic E-state index is -0.622. The number of aromatic hydroxyl groups is 2. The molecular formula is C15H11N5O6S. The molecule has 0 fully saturated rings. The van der Waals surface area contributed by atoms with Crippen LogP contribution < -0.4 is 5.43 Å². The van der Waals surface area contributed by atoms with E-state index >= 15 is 0 Å². The second-order valence-electron chi connectivity index (χ2n) is 4.93. The Balaban J connectivity index is 2.06. The number of benzene rings is 2. The maximum Gasteiger partial charge on any atom is 0.270 e. The Morgan fingerprint density at radius 1 is 0.963 bits per heavy atom. The van der Waals surface area contributed by atoms with E-state index in [1.807, 2.05) is 0 Å². The lowest BCUT2D eigenvalue weighted by Gasteiger charge is -2.00. The summed E-state index contributed by atoms with van der Waals surface area (Å²) in [6.07, 6.45) is 2.22. The van der Waals surface area contributed by atoms with Gasteiger partial charge in [-0.3, -0.25) is 25.7 Å². The minimum Gasteiger partial charge on any atom is -0.507 e. The van der Waals surface area contributed by atoms with Crippen LogP contribution in [0.15, 0.2) is 46.5 Å². The van der Waals surface area contributed by atoms with Gasteiger partial charge in [0.2, 0.25) is 5.11 Å². The van der Waals surface area contributed by atoms with Crippen molar-refractivity contribution in [2.75, 3.05) is 0 Å². The fraction of sp³-hybridized carbons (Fsp3) is 0. The number of nitrogens with one attached hydrogen (secondary N) is 1. The molecule has 0 unspecified atom stereocenters. The van der Waals surface area contributed by atoms with E-state index in [0.717, 1.165) is 48.8 Å². The molecule has 12 heteroatoms. The second kappa shape index (κ2) is 8.44. The first-order valence-corrected chi connectivity index (χ1v) is 7.50. The molecule has 0 bridgehead atoms. The van der Waals surface area contributed by atoms with Crippen molar-refractivity contribution < 1.29 is 20.1 Å². The molecule has 0 atom stereocenters. The number of aliphatic imine (C=N–C) groups is 1. The van der Waals surface area contributed by atoms with Crippen molar-refractivity contribution in [3.05, 3.63) is 67.8 Å². The normalized spacial score (nSPS) is 11.0. The van der Waals surface area contributed by atoms with Gasteiger partial charge in [0.15, 0.2) is 0 Å². The lowest BCUT2D eigenvalue weighted by atomic mass is 10.2. The average molecular weight is 389 g/mol. The maximum atomic E-state index is 10.7. The lowest BCUT2D eigenvalue weighted by Crippen LogP contribution is -2.12. The number of hydrogen-bond donors (Lipinski definition) is 3. The van der Waals surface area contributed by atoms with E-state index in [4.69, 9.17) is 12.2 Å². The highest BCUT2D eigenvalue weighted by atomic mass is 32.1. The van der Waals surface area contributed by atoms with Crippen molar-refractivity contribution in [3.8, 4) is 11.5 Å². The molecule has 0 spiro atoms. The summed E-state index contributed by atoms with van der Waals surface area (Å²) in [5.41, 5.74) is 2.05. The third kappa shape index (κ3) is 5.27. The van der Waals surface area contributed by atoms with Crippen LogP contribution in [0.3, 0.4) is 0 Å². The Morgan fingerprint density at radius 2 is 1.44 bits per heavy atom.